The van der Waals surface area contributed by atoms with Crippen LogP contribution in [0.25, 0.3) is 0 Å². The van der Waals surface area contributed by atoms with Crippen LogP contribution < -0.4 is 5.73 Å². The predicted molar refractivity (Wildman–Crippen MR) is 58.7 cm³/mol. The zero-order chi connectivity index (χ0) is 11.3. The fourth-order valence-electron chi connectivity index (χ4n) is 1.35. The van der Waals surface area contributed by atoms with Crippen LogP contribution in [0.5, 0.6) is 0 Å². The third kappa shape index (κ3) is 3.30. The first-order valence-electron chi connectivity index (χ1n) is 4.73. The van der Waals surface area contributed by atoms with Crippen LogP contribution in [0.4, 0.5) is 0 Å². The number of pyridine rings is 1. The Morgan fingerprint density at radius 1 is 1.67 bits per heavy atom. The highest BCUT2D eigenvalue weighted by molar-refractivity contribution is 5.94. The minimum atomic E-state index is -0.0250. The molecule has 0 aliphatic carbocycles. The first-order valence-corrected chi connectivity index (χ1v) is 4.73. The quantitative estimate of drug-likeness (QED) is 0.461. The summed E-state index contributed by atoms with van der Waals surface area (Å²) in [7, 11) is 1.90. The Hall–Kier alpha value is -1.46. The number of aliphatic hydroxyl groups excluding tert-OH is 1. The Bertz CT molecular complexity index is 340. The Balaban J connectivity index is 2.79. The zero-order valence-electron chi connectivity index (χ0n) is 8.77. The monoisotopic (exact) mass is 208 g/mol. The Kier molecular flexibility index (Phi) is 4.20. The van der Waals surface area contributed by atoms with Gasteiger partial charge in [0.2, 0.25) is 0 Å². The van der Waals surface area contributed by atoms with Gasteiger partial charge >= 0.3 is 0 Å². The maximum atomic E-state index is 8.77. The molecule has 0 atom stereocenters. The molecule has 1 aromatic rings. The molecule has 4 N–H and O–H groups in total. The molecule has 5 nitrogen and oxygen atoms in total. The van der Waals surface area contributed by atoms with Crippen LogP contribution >= 0.6 is 0 Å². The van der Waals surface area contributed by atoms with E-state index in [4.69, 9.17) is 16.2 Å². The van der Waals surface area contributed by atoms with Crippen LogP contribution in [-0.2, 0) is 6.54 Å². The van der Waals surface area contributed by atoms with E-state index in [2.05, 4.69) is 4.98 Å². The van der Waals surface area contributed by atoms with E-state index in [1.165, 1.54) is 0 Å². The van der Waals surface area contributed by atoms with Crippen LogP contribution in [0, 0.1) is 5.41 Å². The molecule has 82 valence electrons. The summed E-state index contributed by atoms with van der Waals surface area (Å²) in [6.07, 6.45) is 1.62. The molecule has 1 rings (SSSR count). The minimum absolute atomic E-state index is 0.0250. The molecule has 0 bridgehead atoms. The number of nitrogens with zero attached hydrogens (tertiary/aromatic N) is 2. The summed E-state index contributed by atoms with van der Waals surface area (Å²) in [5, 5.41) is 16.1. The fraction of sp³-hybridized carbons (Fsp3) is 0.400. The highest BCUT2D eigenvalue weighted by Crippen LogP contribution is 2.07. The van der Waals surface area contributed by atoms with Crippen LogP contribution in [0.1, 0.15) is 11.3 Å². The van der Waals surface area contributed by atoms with E-state index in [1.807, 2.05) is 24.1 Å². The molecule has 15 heavy (non-hydrogen) atoms. The summed E-state index contributed by atoms with van der Waals surface area (Å²) in [5.41, 5.74) is 6.84. The predicted octanol–water partition coefficient (Wildman–Crippen LogP) is -0.210. The van der Waals surface area contributed by atoms with Crippen molar-refractivity contribution in [1.82, 2.24) is 9.88 Å². The van der Waals surface area contributed by atoms with Gasteiger partial charge in [0.05, 0.1) is 6.61 Å². The summed E-state index contributed by atoms with van der Waals surface area (Å²) in [4.78, 5) is 6.00. The van der Waals surface area contributed by atoms with Gasteiger partial charge < -0.3 is 10.8 Å². The SMILES string of the molecule is CN(CCO)Cc1cccnc1C(=N)N. The zero-order valence-corrected chi connectivity index (χ0v) is 8.77. The Morgan fingerprint density at radius 2 is 2.40 bits per heavy atom. The minimum Gasteiger partial charge on any atom is -0.395 e. The number of nitrogens with one attached hydrogen (secondary N) is 1. The molecule has 0 saturated carbocycles. The van der Waals surface area contributed by atoms with Crippen LogP contribution in [0.3, 0.4) is 0 Å². The second-order valence-electron chi connectivity index (χ2n) is 3.39. The van der Waals surface area contributed by atoms with E-state index in [9.17, 15) is 0 Å². The van der Waals surface area contributed by atoms with Crippen molar-refractivity contribution >= 4 is 5.84 Å². The van der Waals surface area contributed by atoms with Crippen LogP contribution in [0.15, 0.2) is 18.3 Å². The maximum Gasteiger partial charge on any atom is 0.142 e. The van der Waals surface area contributed by atoms with E-state index < -0.39 is 0 Å². The lowest BCUT2D eigenvalue weighted by molar-refractivity contribution is 0.217. The van der Waals surface area contributed by atoms with Crippen molar-refractivity contribution in [3.63, 3.8) is 0 Å². The van der Waals surface area contributed by atoms with E-state index >= 15 is 0 Å². The van der Waals surface area contributed by atoms with Crippen LogP contribution in [0.2, 0.25) is 0 Å². The molecule has 5 heteroatoms. The first kappa shape index (κ1) is 11.6. The molecule has 1 heterocycles. The number of hydrogen-bond acceptors (Lipinski definition) is 4. The van der Waals surface area contributed by atoms with Gasteiger partial charge in [-0.25, -0.2) is 0 Å². The lowest BCUT2D eigenvalue weighted by atomic mass is 10.1. The average Bonchev–Trinajstić information content (AvgIpc) is 2.18. The van der Waals surface area contributed by atoms with E-state index in [0.717, 1.165) is 5.56 Å². The van der Waals surface area contributed by atoms with Gasteiger partial charge in [-0.05, 0) is 18.7 Å². The molecule has 1 aromatic heterocycles. The number of likely N-dealkylation sites (N-methyl/N-ethyl adjacent to an activating group) is 1. The summed E-state index contributed by atoms with van der Waals surface area (Å²) < 4.78 is 0. The molecule has 0 aromatic carbocycles. The highest BCUT2D eigenvalue weighted by Gasteiger charge is 2.07. The molecule has 0 spiro atoms. The van der Waals surface area contributed by atoms with E-state index in [0.29, 0.717) is 18.8 Å². The Morgan fingerprint density at radius 3 is 3.00 bits per heavy atom. The summed E-state index contributed by atoms with van der Waals surface area (Å²) in [6.45, 7) is 1.34. The van der Waals surface area contributed by atoms with Crippen molar-refractivity contribution in [2.45, 2.75) is 6.54 Å². The summed E-state index contributed by atoms with van der Waals surface area (Å²) in [5.74, 6) is -0.0250. The number of hydrogen-bond donors (Lipinski definition) is 3. The molecule has 0 amide bonds. The molecular weight excluding hydrogens is 192 g/mol. The molecule has 0 unspecified atom stereocenters. The van der Waals surface area contributed by atoms with Crippen molar-refractivity contribution in [3.8, 4) is 0 Å². The molecule has 0 aliphatic rings. The van der Waals surface area contributed by atoms with E-state index in [-0.39, 0.29) is 12.4 Å². The third-order valence-corrected chi connectivity index (χ3v) is 2.07. The molecule has 0 saturated heterocycles. The van der Waals surface area contributed by atoms with Gasteiger partial charge in [0.1, 0.15) is 11.5 Å². The number of amidine groups is 1. The standard InChI is InChI=1S/C10H16N4O/c1-14(5-6-15)7-8-3-2-4-13-9(8)10(11)12/h2-4,15H,5-7H2,1H3,(H3,11,12). The normalized spacial score (nSPS) is 10.6. The van der Waals surface area contributed by atoms with Crippen molar-refractivity contribution in [2.75, 3.05) is 20.2 Å². The van der Waals surface area contributed by atoms with Crippen molar-refractivity contribution in [3.05, 3.63) is 29.6 Å². The molecule has 0 radical (unpaired) electrons. The second kappa shape index (κ2) is 5.43. The number of nitrogens with two attached hydrogens (primary N) is 1. The topological polar surface area (TPSA) is 86.2 Å². The average molecular weight is 208 g/mol. The van der Waals surface area contributed by atoms with Crippen molar-refractivity contribution in [1.29, 1.82) is 5.41 Å². The van der Waals surface area contributed by atoms with Gasteiger partial charge in [-0.15, -0.1) is 0 Å². The maximum absolute atomic E-state index is 8.77. The number of aliphatic hydroxyl groups is 1. The van der Waals surface area contributed by atoms with Gasteiger partial charge in [0.15, 0.2) is 0 Å². The van der Waals surface area contributed by atoms with Gasteiger partial charge in [0.25, 0.3) is 0 Å². The van der Waals surface area contributed by atoms with Gasteiger partial charge in [-0.2, -0.15) is 0 Å². The lowest BCUT2D eigenvalue weighted by Crippen LogP contribution is -2.24. The largest absolute Gasteiger partial charge is 0.395 e. The summed E-state index contributed by atoms with van der Waals surface area (Å²) >= 11 is 0. The van der Waals surface area contributed by atoms with Gasteiger partial charge in [0, 0.05) is 19.3 Å². The molecule has 0 fully saturated rings. The molecule has 0 aliphatic heterocycles. The van der Waals surface area contributed by atoms with Crippen LogP contribution in [-0.4, -0.2) is 41.0 Å². The third-order valence-electron chi connectivity index (χ3n) is 2.07. The van der Waals surface area contributed by atoms with Gasteiger partial charge in [-0.3, -0.25) is 15.3 Å². The number of rotatable bonds is 5. The Labute approximate surface area is 89.1 Å². The molecular formula is C10H16N4O. The number of aromatic nitrogens is 1. The second-order valence-corrected chi connectivity index (χ2v) is 3.39. The summed E-state index contributed by atoms with van der Waals surface area (Å²) in [6, 6.07) is 3.70. The number of nitrogen functional groups attached to an aromatic ring is 1. The lowest BCUT2D eigenvalue weighted by Gasteiger charge is -2.16. The van der Waals surface area contributed by atoms with Crippen molar-refractivity contribution in [2.24, 2.45) is 5.73 Å². The first-order chi connectivity index (χ1) is 7.15. The fourth-order valence-corrected chi connectivity index (χ4v) is 1.35. The van der Waals surface area contributed by atoms with E-state index in [1.54, 1.807) is 6.20 Å². The van der Waals surface area contributed by atoms with Crippen molar-refractivity contribution < 1.29 is 5.11 Å². The highest BCUT2D eigenvalue weighted by atomic mass is 16.3. The van der Waals surface area contributed by atoms with Gasteiger partial charge in [-0.1, -0.05) is 6.07 Å². The smallest absolute Gasteiger partial charge is 0.142 e.